The normalized spacial score (nSPS) is 13.6. The lowest BCUT2D eigenvalue weighted by Crippen LogP contribution is -2.44. The number of nitrogens with two attached hydrogens (primary N) is 1. The first-order valence-electron chi connectivity index (χ1n) is 8.63. The lowest BCUT2D eigenvalue weighted by molar-refractivity contribution is -0.150. The number of fused-ring (bicyclic) bond motifs is 1. The highest BCUT2D eigenvalue weighted by Crippen LogP contribution is 2.24. The number of primary amides is 1. The summed E-state index contributed by atoms with van der Waals surface area (Å²) >= 11 is 0. The van der Waals surface area contributed by atoms with Gasteiger partial charge in [-0.25, -0.2) is 4.79 Å². The van der Waals surface area contributed by atoms with Gasteiger partial charge in [-0.05, 0) is 43.3 Å². The number of carbonyl (C=O) groups is 5. The number of hydrogen-bond acceptors (Lipinski definition) is 6. The number of esters is 1. The highest BCUT2D eigenvalue weighted by Gasteiger charge is 2.41. The molecule has 0 saturated heterocycles. The Morgan fingerprint density at radius 3 is 2.07 bits per heavy atom. The SMILES string of the molecule is C[C@H](C(=O)OCC(=O)Nc1ccc(C(N)=O)cc1)N1C(=O)c2ccccc2C1=O. The van der Waals surface area contributed by atoms with Crippen molar-refractivity contribution in [2.45, 2.75) is 13.0 Å². The Morgan fingerprint density at radius 2 is 1.55 bits per heavy atom. The number of nitrogens with one attached hydrogen (secondary N) is 1. The van der Waals surface area contributed by atoms with Crippen LogP contribution in [-0.2, 0) is 14.3 Å². The molecular formula is C20H17N3O6. The summed E-state index contributed by atoms with van der Waals surface area (Å²) in [6, 6.07) is 10.9. The second kappa shape index (κ2) is 7.93. The predicted octanol–water partition coefficient (Wildman–Crippen LogP) is 0.952. The van der Waals surface area contributed by atoms with Crippen molar-refractivity contribution in [1.29, 1.82) is 0 Å². The summed E-state index contributed by atoms with van der Waals surface area (Å²) in [6.07, 6.45) is 0. The molecule has 0 aliphatic carbocycles. The number of nitrogens with zero attached hydrogens (tertiary/aromatic N) is 1. The van der Waals surface area contributed by atoms with Crippen LogP contribution in [0.3, 0.4) is 0 Å². The van der Waals surface area contributed by atoms with Crippen molar-refractivity contribution in [2.24, 2.45) is 5.73 Å². The van der Waals surface area contributed by atoms with Crippen molar-refractivity contribution in [3.05, 3.63) is 65.2 Å². The van der Waals surface area contributed by atoms with Crippen molar-refractivity contribution < 1.29 is 28.7 Å². The van der Waals surface area contributed by atoms with Crippen molar-refractivity contribution in [3.63, 3.8) is 0 Å². The molecule has 1 aliphatic heterocycles. The molecule has 1 atom stereocenters. The monoisotopic (exact) mass is 395 g/mol. The molecule has 0 spiro atoms. The third-order valence-electron chi connectivity index (χ3n) is 4.35. The smallest absolute Gasteiger partial charge is 0.329 e. The van der Waals surface area contributed by atoms with Crippen LogP contribution >= 0.6 is 0 Å². The fourth-order valence-corrected chi connectivity index (χ4v) is 2.84. The molecule has 3 rings (SSSR count). The quantitative estimate of drug-likeness (QED) is 0.552. The minimum atomic E-state index is -1.19. The summed E-state index contributed by atoms with van der Waals surface area (Å²) in [6.45, 7) is 0.744. The van der Waals surface area contributed by atoms with Gasteiger partial charge in [0, 0.05) is 11.3 Å². The zero-order valence-corrected chi connectivity index (χ0v) is 15.4. The molecule has 0 radical (unpaired) electrons. The van der Waals surface area contributed by atoms with E-state index < -0.39 is 42.2 Å². The number of imide groups is 1. The van der Waals surface area contributed by atoms with E-state index in [0.717, 1.165) is 4.90 Å². The van der Waals surface area contributed by atoms with Gasteiger partial charge >= 0.3 is 5.97 Å². The molecule has 4 amide bonds. The van der Waals surface area contributed by atoms with Crippen LogP contribution in [0.15, 0.2) is 48.5 Å². The van der Waals surface area contributed by atoms with Crippen molar-refractivity contribution in [3.8, 4) is 0 Å². The molecule has 0 aromatic heterocycles. The first-order valence-corrected chi connectivity index (χ1v) is 8.63. The molecule has 9 nitrogen and oxygen atoms in total. The van der Waals surface area contributed by atoms with E-state index in [1.807, 2.05) is 0 Å². The summed E-state index contributed by atoms with van der Waals surface area (Å²) in [5.41, 5.74) is 6.23. The highest BCUT2D eigenvalue weighted by molar-refractivity contribution is 6.22. The van der Waals surface area contributed by atoms with Gasteiger partial charge in [-0.3, -0.25) is 24.1 Å². The van der Waals surface area contributed by atoms with Gasteiger partial charge in [0.1, 0.15) is 6.04 Å². The summed E-state index contributed by atoms with van der Waals surface area (Å²) in [7, 11) is 0. The number of hydrogen-bond donors (Lipinski definition) is 2. The molecule has 2 aromatic carbocycles. The van der Waals surface area contributed by atoms with E-state index >= 15 is 0 Å². The molecule has 29 heavy (non-hydrogen) atoms. The van der Waals surface area contributed by atoms with Gasteiger partial charge in [-0.1, -0.05) is 12.1 Å². The van der Waals surface area contributed by atoms with Crippen LogP contribution in [0.2, 0.25) is 0 Å². The first-order chi connectivity index (χ1) is 13.8. The largest absolute Gasteiger partial charge is 0.454 e. The standard InChI is InChI=1S/C20H17N3O6/c1-11(23-18(26)14-4-2-3-5-15(14)19(23)27)20(28)29-10-16(24)22-13-8-6-12(7-9-13)17(21)25/h2-9,11H,10H2,1H3,(H2,21,25)(H,22,24)/t11-/m1/s1. The molecule has 1 aliphatic rings. The molecule has 0 bridgehead atoms. The fourth-order valence-electron chi connectivity index (χ4n) is 2.84. The molecule has 9 heteroatoms. The third kappa shape index (κ3) is 3.98. The second-order valence-electron chi connectivity index (χ2n) is 6.30. The molecule has 1 heterocycles. The van der Waals surface area contributed by atoms with Crippen LogP contribution in [-0.4, -0.2) is 47.1 Å². The summed E-state index contributed by atoms with van der Waals surface area (Å²) in [5, 5.41) is 2.49. The van der Waals surface area contributed by atoms with Crippen molar-refractivity contribution in [1.82, 2.24) is 4.90 Å². The highest BCUT2D eigenvalue weighted by atomic mass is 16.5. The summed E-state index contributed by atoms with van der Waals surface area (Å²) in [4.78, 5) is 60.8. The number of anilines is 1. The molecule has 148 valence electrons. The molecule has 0 fully saturated rings. The van der Waals surface area contributed by atoms with Crippen LogP contribution in [0.1, 0.15) is 38.0 Å². The van der Waals surface area contributed by atoms with E-state index in [2.05, 4.69) is 5.32 Å². The Labute approximate surface area is 165 Å². The van der Waals surface area contributed by atoms with Gasteiger partial charge in [0.05, 0.1) is 11.1 Å². The Balaban J connectivity index is 1.56. The topological polar surface area (TPSA) is 136 Å². The van der Waals surface area contributed by atoms with Gasteiger partial charge in [0.25, 0.3) is 17.7 Å². The van der Waals surface area contributed by atoms with E-state index in [-0.39, 0.29) is 16.7 Å². The zero-order chi connectivity index (χ0) is 21.1. The minimum absolute atomic E-state index is 0.217. The molecule has 3 N–H and O–H groups in total. The van der Waals surface area contributed by atoms with Gasteiger partial charge < -0.3 is 15.8 Å². The number of amides is 4. The Kier molecular flexibility index (Phi) is 5.40. The summed E-state index contributed by atoms with van der Waals surface area (Å²) in [5.74, 6) is -3.29. The minimum Gasteiger partial charge on any atom is -0.454 e. The van der Waals surface area contributed by atoms with Crippen LogP contribution in [0.25, 0.3) is 0 Å². The van der Waals surface area contributed by atoms with E-state index in [1.165, 1.54) is 43.3 Å². The van der Waals surface area contributed by atoms with Crippen LogP contribution < -0.4 is 11.1 Å². The molecule has 2 aromatic rings. The van der Waals surface area contributed by atoms with Gasteiger partial charge in [-0.15, -0.1) is 0 Å². The van der Waals surface area contributed by atoms with E-state index in [1.54, 1.807) is 12.1 Å². The number of rotatable bonds is 6. The van der Waals surface area contributed by atoms with E-state index in [4.69, 9.17) is 10.5 Å². The molecule has 0 saturated carbocycles. The fraction of sp³-hybridized carbons (Fsp3) is 0.150. The average Bonchev–Trinajstić information content (AvgIpc) is 2.96. The van der Waals surface area contributed by atoms with E-state index in [0.29, 0.717) is 5.69 Å². The lowest BCUT2D eigenvalue weighted by atomic mass is 10.1. The van der Waals surface area contributed by atoms with Gasteiger partial charge in [-0.2, -0.15) is 0 Å². The van der Waals surface area contributed by atoms with Gasteiger partial charge in [0.15, 0.2) is 6.61 Å². The zero-order valence-electron chi connectivity index (χ0n) is 15.4. The molecular weight excluding hydrogens is 378 g/mol. The maximum absolute atomic E-state index is 12.4. The average molecular weight is 395 g/mol. The predicted molar refractivity (Wildman–Crippen MR) is 101 cm³/mol. The second-order valence-corrected chi connectivity index (χ2v) is 6.30. The number of benzene rings is 2. The Hall–Kier alpha value is -4.01. The maximum Gasteiger partial charge on any atom is 0.329 e. The summed E-state index contributed by atoms with van der Waals surface area (Å²) < 4.78 is 4.94. The van der Waals surface area contributed by atoms with E-state index in [9.17, 15) is 24.0 Å². The third-order valence-corrected chi connectivity index (χ3v) is 4.35. The van der Waals surface area contributed by atoms with Crippen LogP contribution in [0, 0.1) is 0 Å². The van der Waals surface area contributed by atoms with Crippen LogP contribution in [0.5, 0.6) is 0 Å². The molecule has 0 unspecified atom stereocenters. The van der Waals surface area contributed by atoms with Crippen molar-refractivity contribution in [2.75, 3.05) is 11.9 Å². The van der Waals surface area contributed by atoms with Crippen molar-refractivity contribution >= 4 is 35.3 Å². The Bertz CT molecular complexity index is 980. The maximum atomic E-state index is 12.4. The number of ether oxygens (including phenoxy) is 1. The van der Waals surface area contributed by atoms with Gasteiger partial charge in [0.2, 0.25) is 5.91 Å². The lowest BCUT2D eigenvalue weighted by Gasteiger charge is -2.20. The first kappa shape index (κ1) is 19.7. The Morgan fingerprint density at radius 1 is 1.00 bits per heavy atom. The van der Waals surface area contributed by atoms with Crippen LogP contribution in [0.4, 0.5) is 5.69 Å². The number of carbonyl (C=O) groups excluding carboxylic acids is 5.